The third kappa shape index (κ3) is 2.85. The first kappa shape index (κ1) is 13.9. The van der Waals surface area contributed by atoms with Gasteiger partial charge in [0.1, 0.15) is 5.82 Å². The van der Waals surface area contributed by atoms with Gasteiger partial charge in [-0.3, -0.25) is 4.68 Å². The van der Waals surface area contributed by atoms with Crippen LogP contribution in [-0.2, 0) is 13.6 Å². The quantitative estimate of drug-likeness (QED) is 0.789. The van der Waals surface area contributed by atoms with E-state index in [0.717, 1.165) is 27.4 Å². The number of para-hydroxylation sites is 1. The molecule has 0 amide bonds. The number of aryl methyl sites for hydroxylation is 2. The summed E-state index contributed by atoms with van der Waals surface area (Å²) in [6, 6.07) is 12.1. The number of nitrogens with one attached hydrogen (secondary N) is 1. The van der Waals surface area contributed by atoms with Gasteiger partial charge < -0.3 is 5.32 Å². The maximum absolute atomic E-state index is 4.41. The zero-order valence-corrected chi connectivity index (χ0v) is 13.5. The molecule has 0 saturated heterocycles. The first-order valence-corrected chi connectivity index (χ1v) is 7.47. The Labute approximate surface area is 131 Å². The molecular formula is C15H16BrN5. The number of nitrogens with zero attached hydrogens (tertiary/aromatic N) is 4. The second-order valence-electron chi connectivity index (χ2n) is 4.84. The number of rotatable bonds is 4. The van der Waals surface area contributed by atoms with E-state index in [1.807, 2.05) is 53.7 Å². The molecular weight excluding hydrogens is 330 g/mol. The zero-order chi connectivity index (χ0) is 14.8. The molecule has 0 radical (unpaired) electrons. The highest BCUT2D eigenvalue weighted by Crippen LogP contribution is 2.25. The predicted octanol–water partition coefficient (Wildman–Crippen LogP) is 3.29. The standard InChI is InChI=1S/C15H16BrN5/c1-11-8-13(20(2)19-11)9-17-15-14(16)10-18-21(15)12-6-4-3-5-7-12/h3-8,10,17H,9H2,1-2H3. The number of halogens is 1. The lowest BCUT2D eigenvalue weighted by Crippen LogP contribution is -2.09. The molecule has 3 aromatic rings. The lowest BCUT2D eigenvalue weighted by atomic mass is 10.3. The second kappa shape index (κ2) is 5.73. The van der Waals surface area contributed by atoms with Crippen molar-refractivity contribution in [3.63, 3.8) is 0 Å². The predicted molar refractivity (Wildman–Crippen MR) is 86.5 cm³/mol. The van der Waals surface area contributed by atoms with E-state index in [4.69, 9.17) is 0 Å². The fraction of sp³-hybridized carbons (Fsp3) is 0.200. The normalized spacial score (nSPS) is 10.8. The van der Waals surface area contributed by atoms with E-state index in [-0.39, 0.29) is 0 Å². The topological polar surface area (TPSA) is 47.7 Å². The van der Waals surface area contributed by atoms with E-state index in [1.165, 1.54) is 0 Å². The van der Waals surface area contributed by atoms with Crippen LogP contribution in [0.3, 0.4) is 0 Å². The highest BCUT2D eigenvalue weighted by Gasteiger charge is 2.11. The molecule has 2 heterocycles. The van der Waals surface area contributed by atoms with Crippen molar-refractivity contribution in [3.8, 4) is 5.69 Å². The van der Waals surface area contributed by atoms with Crippen molar-refractivity contribution >= 4 is 21.7 Å². The highest BCUT2D eigenvalue weighted by atomic mass is 79.9. The lowest BCUT2D eigenvalue weighted by Gasteiger charge is -2.10. The van der Waals surface area contributed by atoms with Crippen LogP contribution >= 0.6 is 15.9 Å². The minimum atomic E-state index is 0.689. The monoisotopic (exact) mass is 345 g/mol. The number of hydrogen-bond acceptors (Lipinski definition) is 3. The van der Waals surface area contributed by atoms with Crippen molar-refractivity contribution in [2.24, 2.45) is 7.05 Å². The Bertz CT molecular complexity index is 745. The first-order chi connectivity index (χ1) is 10.1. The highest BCUT2D eigenvalue weighted by molar-refractivity contribution is 9.10. The summed E-state index contributed by atoms with van der Waals surface area (Å²) < 4.78 is 4.71. The molecule has 0 fully saturated rings. The fourth-order valence-corrected chi connectivity index (χ4v) is 2.66. The summed E-state index contributed by atoms with van der Waals surface area (Å²) in [5, 5.41) is 12.2. The van der Waals surface area contributed by atoms with Gasteiger partial charge >= 0.3 is 0 Å². The second-order valence-corrected chi connectivity index (χ2v) is 5.70. The van der Waals surface area contributed by atoms with E-state index in [2.05, 4.69) is 37.5 Å². The van der Waals surface area contributed by atoms with Gasteiger partial charge in [0, 0.05) is 7.05 Å². The summed E-state index contributed by atoms with van der Waals surface area (Å²) in [5.41, 5.74) is 3.16. The van der Waals surface area contributed by atoms with Crippen LogP contribution in [0.25, 0.3) is 5.69 Å². The van der Waals surface area contributed by atoms with Crippen LogP contribution in [-0.4, -0.2) is 19.6 Å². The Morgan fingerprint density at radius 3 is 2.67 bits per heavy atom. The van der Waals surface area contributed by atoms with Crippen LogP contribution in [0.2, 0.25) is 0 Å². The van der Waals surface area contributed by atoms with Crippen LogP contribution in [0.4, 0.5) is 5.82 Å². The molecule has 1 N–H and O–H groups in total. The summed E-state index contributed by atoms with van der Waals surface area (Å²) in [6.07, 6.45) is 1.80. The average Bonchev–Trinajstić information content (AvgIpc) is 3.00. The van der Waals surface area contributed by atoms with Gasteiger partial charge in [-0.25, -0.2) is 4.68 Å². The maximum Gasteiger partial charge on any atom is 0.144 e. The van der Waals surface area contributed by atoms with Crippen LogP contribution in [0.5, 0.6) is 0 Å². The molecule has 108 valence electrons. The Hall–Kier alpha value is -2.08. The van der Waals surface area contributed by atoms with Gasteiger partial charge in [-0.15, -0.1) is 0 Å². The van der Waals surface area contributed by atoms with E-state index in [0.29, 0.717) is 6.54 Å². The number of aromatic nitrogens is 4. The smallest absolute Gasteiger partial charge is 0.144 e. The Kier molecular flexibility index (Phi) is 3.79. The summed E-state index contributed by atoms with van der Waals surface area (Å²) in [6.45, 7) is 2.68. The van der Waals surface area contributed by atoms with Gasteiger partial charge in [-0.1, -0.05) is 18.2 Å². The van der Waals surface area contributed by atoms with Crippen molar-refractivity contribution < 1.29 is 0 Å². The van der Waals surface area contributed by atoms with E-state index in [9.17, 15) is 0 Å². The average molecular weight is 346 g/mol. The van der Waals surface area contributed by atoms with Crippen molar-refractivity contribution in [1.82, 2.24) is 19.6 Å². The molecule has 0 bridgehead atoms. The third-order valence-corrected chi connectivity index (χ3v) is 3.84. The zero-order valence-electron chi connectivity index (χ0n) is 11.9. The van der Waals surface area contributed by atoms with E-state index in [1.54, 1.807) is 6.20 Å². The van der Waals surface area contributed by atoms with Gasteiger partial charge in [-0.2, -0.15) is 10.2 Å². The number of hydrogen-bond donors (Lipinski definition) is 1. The first-order valence-electron chi connectivity index (χ1n) is 6.67. The van der Waals surface area contributed by atoms with Crippen molar-refractivity contribution in [2.45, 2.75) is 13.5 Å². The summed E-state index contributed by atoms with van der Waals surface area (Å²) in [4.78, 5) is 0. The SMILES string of the molecule is Cc1cc(CNc2c(Br)cnn2-c2ccccc2)n(C)n1. The van der Waals surface area contributed by atoms with E-state index >= 15 is 0 Å². The summed E-state index contributed by atoms with van der Waals surface area (Å²) in [7, 11) is 1.95. The van der Waals surface area contributed by atoms with Gasteiger partial charge in [0.05, 0.1) is 34.3 Å². The summed E-state index contributed by atoms with van der Waals surface area (Å²) in [5.74, 6) is 0.931. The van der Waals surface area contributed by atoms with Crippen molar-refractivity contribution in [2.75, 3.05) is 5.32 Å². The maximum atomic E-state index is 4.41. The molecule has 0 saturated carbocycles. The molecule has 0 spiro atoms. The van der Waals surface area contributed by atoms with Crippen LogP contribution < -0.4 is 5.32 Å². The molecule has 3 rings (SSSR count). The van der Waals surface area contributed by atoms with Gasteiger partial charge in [0.15, 0.2) is 0 Å². The van der Waals surface area contributed by atoms with Crippen LogP contribution in [0.1, 0.15) is 11.4 Å². The molecule has 21 heavy (non-hydrogen) atoms. The van der Waals surface area contributed by atoms with Crippen LogP contribution in [0.15, 0.2) is 47.1 Å². The van der Waals surface area contributed by atoms with Crippen molar-refractivity contribution in [1.29, 1.82) is 0 Å². The molecule has 0 aliphatic heterocycles. The molecule has 6 heteroatoms. The lowest BCUT2D eigenvalue weighted by molar-refractivity contribution is 0.711. The third-order valence-electron chi connectivity index (χ3n) is 3.26. The van der Waals surface area contributed by atoms with Crippen molar-refractivity contribution in [3.05, 3.63) is 58.5 Å². The van der Waals surface area contributed by atoms with Gasteiger partial charge in [0.25, 0.3) is 0 Å². The molecule has 1 aromatic carbocycles. The Balaban J connectivity index is 1.86. The van der Waals surface area contributed by atoms with Gasteiger partial charge in [-0.05, 0) is 41.1 Å². The van der Waals surface area contributed by atoms with Gasteiger partial charge in [0.2, 0.25) is 0 Å². The molecule has 2 aromatic heterocycles. The van der Waals surface area contributed by atoms with E-state index < -0.39 is 0 Å². The van der Waals surface area contributed by atoms with Crippen LogP contribution in [0, 0.1) is 6.92 Å². The minimum Gasteiger partial charge on any atom is -0.363 e. The Morgan fingerprint density at radius 1 is 1.24 bits per heavy atom. The number of benzene rings is 1. The largest absolute Gasteiger partial charge is 0.363 e. The fourth-order valence-electron chi connectivity index (χ4n) is 2.26. The molecule has 0 aliphatic carbocycles. The number of anilines is 1. The molecule has 0 aliphatic rings. The molecule has 0 unspecified atom stereocenters. The molecule has 0 atom stereocenters. The molecule has 5 nitrogen and oxygen atoms in total. The Morgan fingerprint density at radius 2 is 2.00 bits per heavy atom. The summed E-state index contributed by atoms with van der Waals surface area (Å²) >= 11 is 3.54. The minimum absolute atomic E-state index is 0.689.